The monoisotopic (exact) mass is 370 g/mol. The third-order valence-corrected chi connectivity index (χ3v) is 4.81. The zero-order valence-electron chi connectivity index (χ0n) is 11.7. The van der Waals surface area contributed by atoms with Crippen LogP contribution in [0.2, 0.25) is 0 Å². The normalized spacial score (nSPS) is 11.2. The predicted molar refractivity (Wildman–Crippen MR) is 92.0 cm³/mol. The molecule has 4 aromatic rings. The average Bonchev–Trinajstić information content (AvgIpc) is 3.08. The molecule has 0 saturated heterocycles. The van der Waals surface area contributed by atoms with Crippen molar-refractivity contribution in [3.63, 3.8) is 0 Å². The van der Waals surface area contributed by atoms with E-state index in [1.54, 1.807) is 11.3 Å². The molecule has 4 nitrogen and oxygen atoms in total. The third-order valence-electron chi connectivity index (χ3n) is 3.37. The Labute approximate surface area is 139 Å². The van der Waals surface area contributed by atoms with E-state index in [4.69, 9.17) is 0 Å². The highest BCUT2D eigenvalue weighted by Gasteiger charge is 2.14. The molecule has 0 aliphatic heterocycles. The van der Waals surface area contributed by atoms with E-state index in [9.17, 15) is 0 Å². The van der Waals surface area contributed by atoms with Gasteiger partial charge in [0.2, 0.25) is 4.96 Å². The molecule has 0 N–H and O–H groups in total. The summed E-state index contributed by atoms with van der Waals surface area (Å²) in [7, 11) is 0. The first-order valence-electron chi connectivity index (χ1n) is 6.76. The molecule has 4 rings (SSSR count). The summed E-state index contributed by atoms with van der Waals surface area (Å²) in [6.07, 6.45) is 0. The lowest BCUT2D eigenvalue weighted by Gasteiger charge is -1.98. The zero-order valence-corrected chi connectivity index (χ0v) is 14.1. The van der Waals surface area contributed by atoms with Crippen molar-refractivity contribution in [1.29, 1.82) is 0 Å². The van der Waals surface area contributed by atoms with Gasteiger partial charge in [-0.05, 0) is 19.1 Å². The van der Waals surface area contributed by atoms with Crippen molar-refractivity contribution >= 4 is 32.2 Å². The molecule has 108 valence electrons. The number of benzene rings is 2. The van der Waals surface area contributed by atoms with E-state index in [0.29, 0.717) is 0 Å². The number of nitrogens with zero attached hydrogens (tertiary/aromatic N) is 4. The fraction of sp³-hybridized carbons (Fsp3) is 0.0625. The number of aromatic nitrogens is 4. The molecular weight excluding hydrogens is 360 g/mol. The van der Waals surface area contributed by atoms with Gasteiger partial charge in [0.1, 0.15) is 5.01 Å². The Hall–Kier alpha value is -2.05. The van der Waals surface area contributed by atoms with Crippen LogP contribution in [0, 0.1) is 6.92 Å². The number of halogens is 1. The van der Waals surface area contributed by atoms with Crippen LogP contribution in [0.5, 0.6) is 0 Å². The average molecular weight is 371 g/mol. The van der Waals surface area contributed by atoms with Crippen LogP contribution in [0.4, 0.5) is 0 Å². The van der Waals surface area contributed by atoms with E-state index in [-0.39, 0.29) is 0 Å². The zero-order chi connectivity index (χ0) is 15.1. The Kier molecular flexibility index (Phi) is 3.28. The van der Waals surface area contributed by atoms with Gasteiger partial charge in [0.05, 0.1) is 0 Å². The van der Waals surface area contributed by atoms with Gasteiger partial charge in [0.25, 0.3) is 0 Å². The van der Waals surface area contributed by atoms with Gasteiger partial charge >= 0.3 is 0 Å². The second-order valence-electron chi connectivity index (χ2n) is 5.00. The maximum Gasteiger partial charge on any atom is 0.235 e. The molecule has 22 heavy (non-hydrogen) atoms. The number of hydrogen-bond acceptors (Lipinski definition) is 4. The molecule has 0 spiro atoms. The summed E-state index contributed by atoms with van der Waals surface area (Å²) in [5.41, 5.74) is 3.32. The second kappa shape index (κ2) is 5.30. The van der Waals surface area contributed by atoms with Crippen molar-refractivity contribution in [2.45, 2.75) is 6.92 Å². The number of hydrogen-bond donors (Lipinski definition) is 0. The van der Waals surface area contributed by atoms with Gasteiger partial charge < -0.3 is 0 Å². The van der Waals surface area contributed by atoms with E-state index in [2.05, 4.69) is 62.4 Å². The largest absolute Gasteiger partial charge is 0.235 e. The lowest BCUT2D eigenvalue weighted by Crippen LogP contribution is -1.91. The van der Waals surface area contributed by atoms with E-state index in [0.717, 1.165) is 31.4 Å². The van der Waals surface area contributed by atoms with Crippen LogP contribution in [0.1, 0.15) is 5.56 Å². The first-order valence-corrected chi connectivity index (χ1v) is 8.37. The van der Waals surface area contributed by atoms with Gasteiger partial charge in [-0.1, -0.05) is 69.2 Å². The molecular formula is C16H11BrN4S. The van der Waals surface area contributed by atoms with Crippen LogP contribution in [0.3, 0.4) is 0 Å². The van der Waals surface area contributed by atoms with Gasteiger partial charge in [0, 0.05) is 15.6 Å². The summed E-state index contributed by atoms with van der Waals surface area (Å²) in [5, 5.41) is 14.1. The fourth-order valence-electron chi connectivity index (χ4n) is 2.24. The predicted octanol–water partition coefficient (Wildman–Crippen LogP) is 4.59. The van der Waals surface area contributed by atoms with E-state index in [1.807, 2.05) is 28.8 Å². The van der Waals surface area contributed by atoms with Gasteiger partial charge in [-0.15, -0.1) is 10.2 Å². The van der Waals surface area contributed by atoms with Gasteiger partial charge in [-0.2, -0.15) is 9.61 Å². The van der Waals surface area contributed by atoms with Gasteiger partial charge in [-0.25, -0.2) is 0 Å². The molecule has 0 fully saturated rings. The number of aryl methyl sites for hydroxylation is 1. The molecule has 0 aliphatic rings. The number of rotatable bonds is 2. The van der Waals surface area contributed by atoms with Crippen LogP contribution in [0.25, 0.3) is 26.9 Å². The summed E-state index contributed by atoms with van der Waals surface area (Å²) in [6, 6.07) is 16.3. The Bertz CT molecular complexity index is 956. The van der Waals surface area contributed by atoms with Crippen LogP contribution >= 0.6 is 27.3 Å². The lowest BCUT2D eigenvalue weighted by atomic mass is 10.2. The SMILES string of the molecule is Cc1ccc(-c2nn3c(-c4cccc(Br)c4)nnc3s2)cc1. The Morgan fingerprint density at radius 1 is 1.00 bits per heavy atom. The maximum atomic E-state index is 4.67. The maximum absolute atomic E-state index is 4.67. The molecule has 6 heteroatoms. The van der Waals surface area contributed by atoms with Crippen LogP contribution < -0.4 is 0 Å². The quantitative estimate of drug-likeness (QED) is 0.518. The molecule has 0 unspecified atom stereocenters. The Balaban J connectivity index is 1.84. The summed E-state index contributed by atoms with van der Waals surface area (Å²) < 4.78 is 2.82. The van der Waals surface area contributed by atoms with Crippen molar-refractivity contribution in [2.75, 3.05) is 0 Å². The molecule has 2 aromatic carbocycles. The highest BCUT2D eigenvalue weighted by molar-refractivity contribution is 9.10. The van der Waals surface area contributed by atoms with Crippen LogP contribution in [-0.4, -0.2) is 19.8 Å². The third kappa shape index (κ3) is 2.34. The topological polar surface area (TPSA) is 43.1 Å². The molecule has 2 aromatic heterocycles. The smallest absolute Gasteiger partial charge is 0.182 e. The summed E-state index contributed by atoms with van der Waals surface area (Å²) in [5.74, 6) is 0.755. The summed E-state index contributed by atoms with van der Waals surface area (Å²) in [4.78, 5) is 0.797. The summed E-state index contributed by atoms with van der Waals surface area (Å²) >= 11 is 5.03. The second-order valence-corrected chi connectivity index (χ2v) is 6.87. The van der Waals surface area contributed by atoms with Crippen molar-refractivity contribution in [3.05, 3.63) is 58.6 Å². The van der Waals surface area contributed by atoms with E-state index in [1.165, 1.54) is 5.56 Å². The van der Waals surface area contributed by atoms with Crippen LogP contribution in [0.15, 0.2) is 53.0 Å². The highest BCUT2D eigenvalue weighted by Crippen LogP contribution is 2.28. The van der Waals surface area contributed by atoms with Gasteiger partial charge in [-0.3, -0.25) is 0 Å². The molecule has 2 heterocycles. The van der Waals surface area contributed by atoms with Gasteiger partial charge in [0.15, 0.2) is 5.82 Å². The fourth-order valence-corrected chi connectivity index (χ4v) is 3.48. The lowest BCUT2D eigenvalue weighted by molar-refractivity contribution is 0.970. The molecule has 0 aliphatic carbocycles. The summed E-state index contributed by atoms with van der Waals surface area (Å²) in [6.45, 7) is 2.08. The van der Waals surface area contributed by atoms with Crippen molar-refractivity contribution < 1.29 is 0 Å². The molecule has 0 atom stereocenters. The molecule has 0 saturated carbocycles. The van der Waals surface area contributed by atoms with Crippen molar-refractivity contribution in [3.8, 4) is 22.0 Å². The molecule has 0 amide bonds. The minimum Gasteiger partial charge on any atom is -0.182 e. The van der Waals surface area contributed by atoms with E-state index >= 15 is 0 Å². The molecule has 0 radical (unpaired) electrons. The number of fused-ring (bicyclic) bond motifs is 1. The van der Waals surface area contributed by atoms with Crippen LogP contribution in [-0.2, 0) is 0 Å². The first kappa shape index (κ1) is 13.6. The standard InChI is InChI=1S/C16H11BrN4S/c1-10-5-7-11(8-6-10)15-20-21-14(18-19-16(21)22-15)12-3-2-4-13(17)9-12/h2-9H,1H3. The van der Waals surface area contributed by atoms with Crippen molar-refractivity contribution in [2.24, 2.45) is 0 Å². The van der Waals surface area contributed by atoms with Crippen molar-refractivity contribution in [1.82, 2.24) is 19.8 Å². The van der Waals surface area contributed by atoms with E-state index < -0.39 is 0 Å². The Morgan fingerprint density at radius 3 is 2.59 bits per heavy atom. The Morgan fingerprint density at radius 2 is 1.82 bits per heavy atom. The molecule has 0 bridgehead atoms. The minimum atomic E-state index is 0.755. The minimum absolute atomic E-state index is 0.755. The highest BCUT2D eigenvalue weighted by atomic mass is 79.9. The first-order chi connectivity index (χ1) is 10.7.